The highest BCUT2D eigenvalue weighted by molar-refractivity contribution is 8.20. The summed E-state index contributed by atoms with van der Waals surface area (Å²) in [5, 5.41) is -4.44. The van der Waals surface area contributed by atoms with E-state index in [1.165, 1.54) is 0 Å². The molecule has 4 saturated carbocycles. The van der Waals surface area contributed by atoms with Crippen LogP contribution in [-0.4, -0.2) is 65.2 Å². The molecule has 4 aliphatic carbocycles. The van der Waals surface area contributed by atoms with Crippen molar-refractivity contribution in [2.75, 3.05) is 19.0 Å². The summed E-state index contributed by atoms with van der Waals surface area (Å²) in [5.74, 6) is 0.563. The number of thioether (sulfide) groups is 2. The molecule has 40 heavy (non-hydrogen) atoms. The molecule has 0 aromatic rings. The fourth-order valence-corrected chi connectivity index (χ4v) is 11.8. The normalized spacial score (nSPS) is 39.8. The molecular formula is C27H38F2O8S3. The van der Waals surface area contributed by atoms with Crippen molar-refractivity contribution < 1.29 is 45.6 Å². The summed E-state index contributed by atoms with van der Waals surface area (Å²) in [4.78, 5) is 37.8. The number of ether oxygens (including phenoxy) is 2. The van der Waals surface area contributed by atoms with Crippen LogP contribution in [0.2, 0.25) is 0 Å². The molecule has 0 aromatic carbocycles. The van der Waals surface area contributed by atoms with Gasteiger partial charge in [0, 0.05) is 16.9 Å². The number of halogens is 2. The van der Waals surface area contributed by atoms with E-state index < -0.39 is 38.8 Å². The first kappa shape index (κ1) is 30.5. The SMILES string of the molecule is O=CC1CC2CCCC(C(=O)OCC3CSC(C4CC5CCCC(C(=O)OCC(F)(F)S(=O)(=O)O)(C5)C4)S3)(C1)C2. The highest BCUT2D eigenvalue weighted by atomic mass is 32.2. The van der Waals surface area contributed by atoms with Crippen LogP contribution in [0.4, 0.5) is 8.78 Å². The van der Waals surface area contributed by atoms with Crippen molar-refractivity contribution in [2.45, 2.75) is 92.1 Å². The smallest absolute Gasteiger partial charge is 0.402 e. The van der Waals surface area contributed by atoms with Crippen LogP contribution in [0.15, 0.2) is 0 Å². The van der Waals surface area contributed by atoms with Gasteiger partial charge in [-0.05, 0) is 69.1 Å². The predicted octanol–water partition coefficient (Wildman–Crippen LogP) is 5.10. The molecule has 13 heteroatoms. The predicted molar refractivity (Wildman–Crippen MR) is 146 cm³/mol. The average molecular weight is 625 g/mol. The minimum Gasteiger partial charge on any atom is -0.464 e. The standard InChI is InChI=1S/C27H38F2O8S3/c28-27(29,40(33,34)35)16-37-24(32)26-6-2-4-18(10-26)8-20(12-26)22-38-15-21(39-22)14-36-23(31)25-5-1-3-17(9-25)7-19(11-25)13-30/h13,17-22H,1-12,14-16H2,(H,33,34,35). The van der Waals surface area contributed by atoms with E-state index in [9.17, 15) is 31.6 Å². The summed E-state index contributed by atoms with van der Waals surface area (Å²) in [6.45, 7) is -1.39. The van der Waals surface area contributed by atoms with Crippen LogP contribution in [0, 0.1) is 34.5 Å². The molecule has 0 radical (unpaired) electrons. The summed E-state index contributed by atoms with van der Waals surface area (Å²) in [5.41, 5.74) is -1.47. The Morgan fingerprint density at radius 3 is 2.25 bits per heavy atom. The van der Waals surface area contributed by atoms with E-state index in [1.54, 1.807) is 23.5 Å². The third-order valence-corrected chi connectivity index (χ3v) is 14.3. The zero-order valence-corrected chi connectivity index (χ0v) is 24.9. The van der Waals surface area contributed by atoms with Crippen LogP contribution < -0.4 is 0 Å². The Morgan fingerprint density at radius 1 is 0.975 bits per heavy atom. The fraction of sp³-hybridized carbons (Fsp3) is 0.889. The number of esters is 2. The number of hydrogen-bond acceptors (Lipinski definition) is 9. The van der Waals surface area contributed by atoms with Gasteiger partial charge < -0.3 is 14.3 Å². The largest absolute Gasteiger partial charge is 0.464 e. The summed E-state index contributed by atoms with van der Waals surface area (Å²) >= 11 is 3.52. The molecule has 1 aliphatic heterocycles. The number of rotatable bonds is 9. The van der Waals surface area contributed by atoms with Crippen molar-refractivity contribution in [2.24, 2.45) is 34.5 Å². The average Bonchev–Trinajstić information content (AvgIpc) is 3.38. The van der Waals surface area contributed by atoms with Crippen molar-refractivity contribution in [1.82, 2.24) is 0 Å². The van der Waals surface area contributed by atoms with Gasteiger partial charge in [0.05, 0.1) is 15.4 Å². The number of carbonyl (C=O) groups excluding carboxylic acids is 3. The highest BCUT2D eigenvalue weighted by Crippen LogP contribution is 2.57. The van der Waals surface area contributed by atoms with E-state index in [4.69, 9.17) is 14.0 Å². The van der Waals surface area contributed by atoms with Crippen LogP contribution in [-0.2, 0) is 34.0 Å². The lowest BCUT2D eigenvalue weighted by molar-refractivity contribution is -0.169. The maximum atomic E-state index is 13.7. The Kier molecular flexibility index (Phi) is 8.88. The summed E-state index contributed by atoms with van der Waals surface area (Å²) in [7, 11) is -5.68. The van der Waals surface area contributed by atoms with Crippen LogP contribution in [0.25, 0.3) is 0 Å². The lowest BCUT2D eigenvalue weighted by Gasteiger charge is -2.47. The van der Waals surface area contributed by atoms with E-state index >= 15 is 0 Å². The Morgan fingerprint density at radius 2 is 1.60 bits per heavy atom. The molecule has 226 valence electrons. The topological polar surface area (TPSA) is 124 Å². The molecule has 0 amide bonds. The molecule has 5 fully saturated rings. The quantitative estimate of drug-likeness (QED) is 0.211. The van der Waals surface area contributed by atoms with Crippen molar-refractivity contribution in [1.29, 1.82) is 0 Å². The summed E-state index contributed by atoms with van der Waals surface area (Å²) in [6.07, 6.45) is 10.3. The highest BCUT2D eigenvalue weighted by Gasteiger charge is 2.54. The van der Waals surface area contributed by atoms with Crippen molar-refractivity contribution in [3.63, 3.8) is 0 Å². The van der Waals surface area contributed by atoms with Gasteiger partial charge in [-0.25, -0.2) is 0 Å². The Labute approximate surface area is 242 Å². The van der Waals surface area contributed by atoms with E-state index in [0.717, 1.165) is 63.4 Å². The minimum absolute atomic E-state index is 0.0728. The molecule has 8 unspecified atom stereocenters. The zero-order valence-electron chi connectivity index (χ0n) is 22.4. The summed E-state index contributed by atoms with van der Waals surface area (Å²) < 4.78 is 69.0. The van der Waals surface area contributed by atoms with Gasteiger partial charge >= 0.3 is 27.3 Å². The molecular weight excluding hydrogens is 586 g/mol. The number of fused-ring (bicyclic) bond motifs is 4. The van der Waals surface area contributed by atoms with E-state index in [0.29, 0.717) is 38.2 Å². The molecule has 4 bridgehead atoms. The fourth-order valence-electron chi connectivity index (χ4n) is 8.12. The lowest BCUT2D eigenvalue weighted by atomic mass is 9.59. The molecule has 1 heterocycles. The molecule has 8 nitrogen and oxygen atoms in total. The third kappa shape index (κ3) is 6.22. The molecule has 1 saturated heterocycles. The van der Waals surface area contributed by atoms with Gasteiger partial charge in [-0.2, -0.15) is 17.2 Å². The van der Waals surface area contributed by atoms with Gasteiger partial charge in [0.2, 0.25) is 0 Å². The van der Waals surface area contributed by atoms with Crippen LogP contribution in [0.1, 0.15) is 77.0 Å². The van der Waals surface area contributed by atoms with Crippen molar-refractivity contribution in [3.05, 3.63) is 0 Å². The van der Waals surface area contributed by atoms with Gasteiger partial charge in [0.1, 0.15) is 12.9 Å². The monoisotopic (exact) mass is 624 g/mol. The number of hydrogen-bond donors (Lipinski definition) is 1. The van der Waals surface area contributed by atoms with Gasteiger partial charge in [0.15, 0.2) is 6.61 Å². The van der Waals surface area contributed by atoms with Crippen LogP contribution in [0.5, 0.6) is 0 Å². The van der Waals surface area contributed by atoms with Gasteiger partial charge in [-0.15, -0.1) is 23.5 Å². The first-order valence-corrected chi connectivity index (χ1v) is 17.7. The molecule has 0 spiro atoms. The first-order chi connectivity index (χ1) is 18.8. The van der Waals surface area contributed by atoms with E-state index in [1.807, 2.05) is 0 Å². The Hall–Kier alpha value is -0.920. The van der Waals surface area contributed by atoms with E-state index in [-0.39, 0.29) is 33.6 Å². The van der Waals surface area contributed by atoms with Gasteiger partial charge in [0.25, 0.3) is 0 Å². The molecule has 8 atom stereocenters. The van der Waals surface area contributed by atoms with Gasteiger partial charge in [-0.3, -0.25) is 14.1 Å². The maximum Gasteiger partial charge on any atom is 0.402 e. The Bertz CT molecular complexity index is 1100. The van der Waals surface area contributed by atoms with Crippen molar-refractivity contribution in [3.8, 4) is 0 Å². The first-order valence-electron chi connectivity index (χ1n) is 14.3. The van der Waals surface area contributed by atoms with E-state index in [2.05, 4.69) is 0 Å². The maximum absolute atomic E-state index is 13.7. The van der Waals surface area contributed by atoms with Crippen molar-refractivity contribution >= 4 is 51.9 Å². The molecule has 5 aliphatic rings. The van der Waals surface area contributed by atoms with Crippen LogP contribution >= 0.6 is 23.5 Å². The Balaban J connectivity index is 1.16. The molecule has 5 rings (SSSR count). The second-order valence-corrected chi connectivity index (χ2v) is 17.2. The van der Waals surface area contributed by atoms with Crippen LogP contribution in [0.3, 0.4) is 0 Å². The number of carbonyl (C=O) groups is 3. The molecule has 1 N–H and O–H groups in total. The number of alkyl halides is 2. The lowest BCUT2D eigenvalue weighted by Crippen LogP contribution is -2.46. The third-order valence-electron chi connectivity index (χ3n) is 9.84. The molecule has 0 aromatic heterocycles. The zero-order chi connectivity index (χ0) is 28.8. The summed E-state index contributed by atoms with van der Waals surface area (Å²) in [6, 6.07) is 0. The second kappa shape index (κ2) is 11.6. The van der Waals surface area contributed by atoms with Gasteiger partial charge in [-0.1, -0.05) is 25.7 Å². The minimum atomic E-state index is -5.68. The second-order valence-electron chi connectivity index (χ2n) is 12.8. The number of aldehydes is 1.